The summed E-state index contributed by atoms with van der Waals surface area (Å²) in [6.07, 6.45) is 4.59. The van der Waals surface area contributed by atoms with E-state index in [9.17, 15) is 0 Å². The average molecular weight is 368 g/mol. The van der Waals surface area contributed by atoms with Gasteiger partial charge in [-0.15, -0.1) is 11.3 Å². The van der Waals surface area contributed by atoms with E-state index in [0.29, 0.717) is 5.92 Å². The van der Waals surface area contributed by atoms with E-state index in [1.807, 2.05) is 18.3 Å². The van der Waals surface area contributed by atoms with Gasteiger partial charge >= 0.3 is 0 Å². The highest BCUT2D eigenvalue weighted by Gasteiger charge is 2.28. The summed E-state index contributed by atoms with van der Waals surface area (Å²) in [6.45, 7) is 5.07. The molecule has 2 heterocycles. The second-order valence-electron chi connectivity index (χ2n) is 5.83. The molecule has 0 saturated carbocycles. The van der Waals surface area contributed by atoms with Crippen LogP contribution in [0.15, 0.2) is 15.9 Å². The molecule has 2 atom stereocenters. The number of nitrogens with two attached hydrogens (primary N) is 1. The Kier molecular flexibility index (Phi) is 4.52. The molecular weight excluding hydrogens is 346 g/mol. The lowest BCUT2D eigenvalue weighted by atomic mass is 9.81. The molecule has 2 N–H and O–H groups in total. The van der Waals surface area contributed by atoms with Gasteiger partial charge < -0.3 is 5.73 Å². The molecule has 0 aliphatic heterocycles. The Balaban J connectivity index is 1.84. The lowest BCUT2D eigenvalue weighted by Crippen LogP contribution is -2.33. The molecule has 0 aromatic carbocycles. The van der Waals surface area contributed by atoms with Crippen molar-refractivity contribution in [1.29, 1.82) is 0 Å². The van der Waals surface area contributed by atoms with Crippen LogP contribution in [0, 0.1) is 6.92 Å². The van der Waals surface area contributed by atoms with Crippen LogP contribution >= 0.6 is 27.3 Å². The number of hydrogen-bond donors (Lipinski definition) is 1. The van der Waals surface area contributed by atoms with E-state index < -0.39 is 0 Å². The minimum absolute atomic E-state index is 0.163. The van der Waals surface area contributed by atoms with E-state index in [4.69, 9.17) is 5.73 Å². The molecule has 21 heavy (non-hydrogen) atoms. The van der Waals surface area contributed by atoms with Gasteiger partial charge in [0.2, 0.25) is 0 Å². The average Bonchev–Trinajstić information content (AvgIpc) is 3.06. The highest BCUT2D eigenvalue weighted by atomic mass is 79.9. The maximum atomic E-state index is 6.60. The van der Waals surface area contributed by atoms with Crippen molar-refractivity contribution in [2.24, 2.45) is 5.73 Å². The van der Waals surface area contributed by atoms with Crippen molar-refractivity contribution in [3.63, 3.8) is 0 Å². The number of nitrogens with zero attached hydrogens (tertiary/aromatic N) is 2. The summed E-state index contributed by atoms with van der Waals surface area (Å²) in [4.78, 5) is 1.54. The van der Waals surface area contributed by atoms with Crippen LogP contribution in [0.2, 0.25) is 0 Å². The van der Waals surface area contributed by atoms with Gasteiger partial charge in [-0.2, -0.15) is 5.10 Å². The van der Waals surface area contributed by atoms with Crippen LogP contribution in [0.5, 0.6) is 0 Å². The zero-order chi connectivity index (χ0) is 15.0. The Labute approximate surface area is 138 Å². The highest BCUT2D eigenvalue weighted by molar-refractivity contribution is 9.10. The van der Waals surface area contributed by atoms with E-state index >= 15 is 0 Å². The van der Waals surface area contributed by atoms with Gasteiger partial charge in [0.05, 0.1) is 15.9 Å². The first-order valence-corrected chi connectivity index (χ1v) is 9.32. The Hall–Kier alpha value is -0.650. The molecule has 1 aliphatic carbocycles. The van der Waals surface area contributed by atoms with Crippen LogP contribution in [0.1, 0.15) is 47.5 Å². The summed E-state index contributed by atoms with van der Waals surface area (Å²) >= 11 is 5.57. The summed E-state index contributed by atoms with van der Waals surface area (Å²) in [5.41, 5.74) is 10.4. The van der Waals surface area contributed by atoms with Crippen LogP contribution in [0.25, 0.3) is 0 Å². The number of aromatic nitrogens is 2. The van der Waals surface area contributed by atoms with E-state index in [2.05, 4.69) is 44.1 Å². The van der Waals surface area contributed by atoms with Gasteiger partial charge in [-0.05, 0) is 66.0 Å². The van der Waals surface area contributed by atoms with E-state index in [1.165, 1.54) is 30.5 Å². The minimum atomic E-state index is 0.163. The first-order chi connectivity index (χ1) is 10.1. The molecule has 2 aromatic rings. The standard InChI is InChI=1S/C16H22BrN3S/c1-3-20-14(16(17)10(2)19-20)9-13(18)11-5-4-6-15-12(11)7-8-21-15/h7-8,11,13H,3-6,9,18H2,1-2H3. The Morgan fingerprint density at radius 1 is 1.57 bits per heavy atom. The predicted molar refractivity (Wildman–Crippen MR) is 92.0 cm³/mol. The zero-order valence-corrected chi connectivity index (χ0v) is 15.0. The zero-order valence-electron chi connectivity index (χ0n) is 12.6. The predicted octanol–water partition coefficient (Wildman–Crippen LogP) is 4.03. The second kappa shape index (κ2) is 6.23. The molecule has 0 radical (unpaired) electrons. The molecule has 5 heteroatoms. The largest absolute Gasteiger partial charge is 0.327 e. The van der Waals surface area contributed by atoms with Gasteiger partial charge in [0.15, 0.2) is 0 Å². The van der Waals surface area contributed by atoms with Crippen molar-refractivity contribution in [1.82, 2.24) is 9.78 Å². The third-order valence-corrected chi connectivity index (χ3v) is 6.53. The van der Waals surface area contributed by atoms with Gasteiger partial charge in [-0.1, -0.05) is 0 Å². The maximum Gasteiger partial charge on any atom is 0.0738 e. The van der Waals surface area contributed by atoms with Gasteiger partial charge in [-0.3, -0.25) is 4.68 Å². The van der Waals surface area contributed by atoms with Crippen LogP contribution in [0.4, 0.5) is 0 Å². The van der Waals surface area contributed by atoms with Crippen LogP contribution in [-0.4, -0.2) is 15.8 Å². The van der Waals surface area contributed by atoms with Crippen LogP contribution in [0.3, 0.4) is 0 Å². The molecule has 0 bridgehead atoms. The topological polar surface area (TPSA) is 43.8 Å². The van der Waals surface area contributed by atoms with Crippen LogP contribution in [-0.2, 0) is 19.4 Å². The fourth-order valence-electron chi connectivity index (χ4n) is 3.40. The van der Waals surface area contributed by atoms with E-state index in [1.54, 1.807) is 4.88 Å². The number of halogens is 1. The van der Waals surface area contributed by atoms with Crippen molar-refractivity contribution < 1.29 is 0 Å². The first kappa shape index (κ1) is 15.3. The fourth-order valence-corrected chi connectivity index (χ4v) is 4.84. The second-order valence-corrected chi connectivity index (χ2v) is 7.62. The summed E-state index contributed by atoms with van der Waals surface area (Å²) in [5, 5.41) is 6.79. The summed E-state index contributed by atoms with van der Waals surface area (Å²) in [5.74, 6) is 0.493. The van der Waals surface area contributed by atoms with Crippen molar-refractivity contribution in [2.45, 2.75) is 58.0 Å². The SMILES string of the molecule is CCn1nc(C)c(Br)c1CC(N)C1CCCc2sccc21. The molecule has 2 unspecified atom stereocenters. The van der Waals surface area contributed by atoms with Crippen molar-refractivity contribution in [3.8, 4) is 0 Å². The maximum absolute atomic E-state index is 6.60. The fraction of sp³-hybridized carbons (Fsp3) is 0.562. The minimum Gasteiger partial charge on any atom is -0.327 e. The molecular formula is C16H22BrN3S. The molecule has 0 spiro atoms. The molecule has 0 fully saturated rings. The molecule has 3 rings (SSSR count). The normalized spacial score (nSPS) is 19.5. The number of fused-ring (bicyclic) bond motifs is 1. The van der Waals surface area contributed by atoms with Crippen molar-refractivity contribution in [3.05, 3.63) is 37.7 Å². The first-order valence-electron chi connectivity index (χ1n) is 7.65. The molecule has 1 aliphatic rings. The summed E-state index contributed by atoms with van der Waals surface area (Å²) in [7, 11) is 0. The van der Waals surface area contributed by atoms with Crippen LogP contribution < -0.4 is 5.73 Å². The summed E-state index contributed by atoms with van der Waals surface area (Å²) in [6, 6.07) is 2.44. The lowest BCUT2D eigenvalue weighted by Gasteiger charge is -2.28. The Bertz CT molecular complexity index is 632. The van der Waals surface area contributed by atoms with E-state index in [-0.39, 0.29) is 6.04 Å². The number of aryl methyl sites for hydroxylation is 3. The lowest BCUT2D eigenvalue weighted by molar-refractivity contribution is 0.451. The summed E-state index contributed by atoms with van der Waals surface area (Å²) < 4.78 is 3.21. The molecule has 0 amide bonds. The third-order valence-electron chi connectivity index (χ3n) is 4.50. The van der Waals surface area contributed by atoms with Gasteiger partial charge in [-0.25, -0.2) is 0 Å². The number of hydrogen-bond acceptors (Lipinski definition) is 3. The quantitative estimate of drug-likeness (QED) is 0.886. The Morgan fingerprint density at radius 2 is 2.38 bits per heavy atom. The third kappa shape index (κ3) is 2.83. The van der Waals surface area contributed by atoms with E-state index in [0.717, 1.165) is 23.1 Å². The number of rotatable bonds is 4. The smallest absolute Gasteiger partial charge is 0.0738 e. The van der Waals surface area contributed by atoms with Gasteiger partial charge in [0, 0.05) is 29.8 Å². The van der Waals surface area contributed by atoms with Crippen molar-refractivity contribution in [2.75, 3.05) is 0 Å². The molecule has 3 nitrogen and oxygen atoms in total. The van der Waals surface area contributed by atoms with Gasteiger partial charge in [0.25, 0.3) is 0 Å². The Morgan fingerprint density at radius 3 is 3.14 bits per heavy atom. The molecule has 0 saturated heterocycles. The highest BCUT2D eigenvalue weighted by Crippen LogP contribution is 2.37. The number of thiophene rings is 1. The monoisotopic (exact) mass is 367 g/mol. The molecule has 114 valence electrons. The van der Waals surface area contributed by atoms with Gasteiger partial charge in [0.1, 0.15) is 0 Å². The van der Waals surface area contributed by atoms with Crippen molar-refractivity contribution >= 4 is 27.3 Å². The molecule has 2 aromatic heterocycles.